The van der Waals surface area contributed by atoms with Crippen molar-refractivity contribution in [2.24, 2.45) is 0 Å². The number of hydrogen-bond donors (Lipinski definition) is 0. The van der Waals surface area contributed by atoms with Gasteiger partial charge >= 0.3 is 6.09 Å². The predicted molar refractivity (Wildman–Crippen MR) is 87.8 cm³/mol. The third kappa shape index (κ3) is 3.11. The van der Waals surface area contributed by atoms with E-state index < -0.39 is 5.60 Å². The Morgan fingerprint density at radius 2 is 2.14 bits per heavy atom. The molecule has 0 radical (unpaired) electrons. The molecule has 0 bridgehead atoms. The number of pyridine rings is 1. The van der Waals surface area contributed by atoms with E-state index in [2.05, 4.69) is 20.9 Å². The SMILES string of the molecule is CC(C)(C)OC(=O)N1CCCC1c1cn2cc(Br)ccc2n1. The molecule has 1 aliphatic rings. The standard InChI is InChI=1S/C16H20BrN3O2/c1-16(2,3)22-15(21)20-8-4-5-13(20)12-10-19-9-11(17)6-7-14(19)18-12/h6-7,9-10,13H,4-5,8H2,1-3H3. The molecule has 118 valence electrons. The first kappa shape index (κ1) is 15.3. The third-order valence-corrected chi connectivity index (χ3v) is 4.12. The molecule has 1 aliphatic heterocycles. The molecular weight excluding hydrogens is 346 g/mol. The Labute approximate surface area is 138 Å². The molecule has 1 saturated heterocycles. The summed E-state index contributed by atoms with van der Waals surface area (Å²) >= 11 is 3.46. The Hall–Kier alpha value is -1.56. The highest BCUT2D eigenvalue weighted by molar-refractivity contribution is 9.10. The van der Waals surface area contributed by atoms with Gasteiger partial charge in [-0.2, -0.15) is 0 Å². The van der Waals surface area contributed by atoms with Crippen LogP contribution < -0.4 is 0 Å². The van der Waals surface area contributed by atoms with E-state index in [1.807, 2.05) is 49.7 Å². The van der Waals surface area contributed by atoms with E-state index in [1.165, 1.54) is 0 Å². The molecule has 0 N–H and O–H groups in total. The van der Waals surface area contributed by atoms with Gasteiger partial charge in [0, 0.05) is 23.4 Å². The smallest absolute Gasteiger partial charge is 0.410 e. The average Bonchev–Trinajstić information content (AvgIpc) is 3.01. The van der Waals surface area contributed by atoms with Gasteiger partial charge in [-0.1, -0.05) is 0 Å². The highest BCUT2D eigenvalue weighted by Crippen LogP contribution is 2.33. The minimum absolute atomic E-state index is 0.00599. The number of rotatable bonds is 1. The lowest BCUT2D eigenvalue weighted by molar-refractivity contribution is 0.0222. The second-order valence-corrected chi connectivity index (χ2v) is 7.53. The summed E-state index contributed by atoms with van der Waals surface area (Å²) in [5.74, 6) is 0. The van der Waals surface area contributed by atoms with Crippen LogP contribution in [0.15, 0.2) is 29.0 Å². The minimum Gasteiger partial charge on any atom is -0.444 e. The topological polar surface area (TPSA) is 46.8 Å². The lowest BCUT2D eigenvalue weighted by Crippen LogP contribution is -2.36. The van der Waals surface area contributed by atoms with Crippen LogP contribution in [0.5, 0.6) is 0 Å². The highest BCUT2D eigenvalue weighted by Gasteiger charge is 2.34. The van der Waals surface area contributed by atoms with Crippen LogP contribution in [0.4, 0.5) is 4.79 Å². The van der Waals surface area contributed by atoms with Crippen molar-refractivity contribution >= 4 is 27.7 Å². The average molecular weight is 366 g/mol. The Bertz CT molecular complexity index is 705. The molecule has 0 aromatic carbocycles. The fraction of sp³-hybridized carbons (Fsp3) is 0.500. The van der Waals surface area contributed by atoms with Gasteiger partial charge in [0.15, 0.2) is 0 Å². The van der Waals surface area contributed by atoms with E-state index in [1.54, 1.807) is 4.90 Å². The van der Waals surface area contributed by atoms with Gasteiger partial charge in [-0.15, -0.1) is 0 Å². The molecule has 1 amide bonds. The van der Waals surface area contributed by atoms with Gasteiger partial charge in [-0.3, -0.25) is 4.90 Å². The zero-order valence-electron chi connectivity index (χ0n) is 13.0. The fourth-order valence-electron chi connectivity index (χ4n) is 2.76. The van der Waals surface area contributed by atoms with E-state index in [0.29, 0.717) is 0 Å². The van der Waals surface area contributed by atoms with Crippen molar-refractivity contribution in [3.05, 3.63) is 34.7 Å². The van der Waals surface area contributed by atoms with Gasteiger partial charge in [0.2, 0.25) is 0 Å². The molecule has 0 spiro atoms. The number of carbonyl (C=O) groups excluding carboxylic acids is 1. The predicted octanol–water partition coefficient (Wildman–Crippen LogP) is 4.17. The van der Waals surface area contributed by atoms with E-state index in [0.717, 1.165) is 35.2 Å². The van der Waals surface area contributed by atoms with Crippen molar-refractivity contribution < 1.29 is 9.53 Å². The molecule has 1 fully saturated rings. The number of fused-ring (bicyclic) bond motifs is 1. The van der Waals surface area contributed by atoms with Gasteiger partial charge in [0.25, 0.3) is 0 Å². The van der Waals surface area contributed by atoms with Crippen LogP contribution in [-0.4, -0.2) is 32.5 Å². The quantitative estimate of drug-likeness (QED) is 0.761. The molecule has 2 aromatic rings. The number of aromatic nitrogens is 2. The molecule has 22 heavy (non-hydrogen) atoms. The minimum atomic E-state index is -0.478. The summed E-state index contributed by atoms with van der Waals surface area (Å²) in [6, 6.07) is 3.92. The second-order valence-electron chi connectivity index (χ2n) is 6.61. The van der Waals surface area contributed by atoms with E-state index in [9.17, 15) is 4.79 Å². The number of ether oxygens (including phenoxy) is 1. The first-order valence-electron chi connectivity index (χ1n) is 7.47. The molecule has 3 heterocycles. The first-order valence-corrected chi connectivity index (χ1v) is 8.26. The van der Waals surface area contributed by atoms with Gasteiger partial charge < -0.3 is 9.14 Å². The van der Waals surface area contributed by atoms with E-state index in [4.69, 9.17) is 4.74 Å². The molecule has 6 heteroatoms. The first-order chi connectivity index (χ1) is 10.3. The van der Waals surface area contributed by atoms with Crippen molar-refractivity contribution in [2.75, 3.05) is 6.54 Å². The molecule has 2 aromatic heterocycles. The molecule has 0 saturated carbocycles. The lowest BCUT2D eigenvalue weighted by Gasteiger charge is -2.27. The summed E-state index contributed by atoms with van der Waals surface area (Å²) in [6.45, 7) is 6.38. The van der Waals surface area contributed by atoms with Crippen molar-refractivity contribution in [3.8, 4) is 0 Å². The fourth-order valence-corrected chi connectivity index (χ4v) is 3.11. The maximum Gasteiger partial charge on any atom is 0.410 e. The Kier molecular flexibility index (Phi) is 3.89. The van der Waals surface area contributed by atoms with Crippen LogP contribution in [0, 0.1) is 0 Å². The van der Waals surface area contributed by atoms with Gasteiger partial charge in [-0.05, 0) is 61.7 Å². The molecule has 0 aliphatic carbocycles. The van der Waals surface area contributed by atoms with Gasteiger partial charge in [-0.25, -0.2) is 9.78 Å². The van der Waals surface area contributed by atoms with E-state index in [-0.39, 0.29) is 12.1 Å². The Balaban J connectivity index is 1.86. The van der Waals surface area contributed by atoms with Crippen molar-refractivity contribution in [2.45, 2.75) is 45.3 Å². The molecule has 3 rings (SSSR count). The number of hydrogen-bond acceptors (Lipinski definition) is 3. The molecule has 1 unspecified atom stereocenters. The summed E-state index contributed by atoms with van der Waals surface area (Å²) in [4.78, 5) is 18.8. The van der Waals surface area contributed by atoms with Crippen LogP contribution in [0.2, 0.25) is 0 Å². The highest BCUT2D eigenvalue weighted by atomic mass is 79.9. The maximum atomic E-state index is 12.4. The van der Waals surface area contributed by atoms with Crippen LogP contribution in [0.25, 0.3) is 5.65 Å². The van der Waals surface area contributed by atoms with E-state index >= 15 is 0 Å². The van der Waals surface area contributed by atoms with Crippen molar-refractivity contribution in [3.63, 3.8) is 0 Å². The summed E-state index contributed by atoms with van der Waals surface area (Å²) in [5.41, 5.74) is 1.32. The number of carbonyl (C=O) groups is 1. The van der Waals surface area contributed by atoms with Crippen LogP contribution >= 0.6 is 15.9 Å². The summed E-state index contributed by atoms with van der Waals surface area (Å²) in [5, 5.41) is 0. The van der Waals surface area contributed by atoms with Crippen LogP contribution in [0.3, 0.4) is 0 Å². The van der Waals surface area contributed by atoms with Crippen molar-refractivity contribution in [1.29, 1.82) is 0 Å². The lowest BCUT2D eigenvalue weighted by atomic mass is 10.1. The third-order valence-electron chi connectivity index (χ3n) is 3.66. The normalized spacial score (nSPS) is 18.9. The maximum absolute atomic E-state index is 12.4. The number of halogens is 1. The number of likely N-dealkylation sites (tertiary alicyclic amines) is 1. The van der Waals surface area contributed by atoms with Gasteiger partial charge in [0.1, 0.15) is 11.2 Å². The summed E-state index contributed by atoms with van der Waals surface area (Å²) < 4.78 is 8.49. The monoisotopic (exact) mass is 365 g/mol. The molecule has 5 nitrogen and oxygen atoms in total. The Morgan fingerprint density at radius 1 is 1.36 bits per heavy atom. The number of nitrogens with zero attached hydrogens (tertiary/aromatic N) is 3. The van der Waals surface area contributed by atoms with Gasteiger partial charge in [0.05, 0.1) is 11.7 Å². The summed E-state index contributed by atoms with van der Waals surface area (Å²) in [6.07, 6.45) is 5.60. The zero-order valence-corrected chi connectivity index (χ0v) is 14.6. The molecular formula is C16H20BrN3O2. The zero-order chi connectivity index (χ0) is 15.9. The molecule has 1 atom stereocenters. The number of amides is 1. The summed E-state index contributed by atoms with van der Waals surface area (Å²) in [7, 11) is 0. The van der Waals surface area contributed by atoms with Crippen LogP contribution in [-0.2, 0) is 4.74 Å². The van der Waals surface area contributed by atoms with Crippen molar-refractivity contribution in [1.82, 2.24) is 14.3 Å². The largest absolute Gasteiger partial charge is 0.444 e. The second kappa shape index (κ2) is 5.57. The number of imidazole rings is 1. The Morgan fingerprint density at radius 3 is 2.86 bits per heavy atom. The van der Waals surface area contributed by atoms with Crippen LogP contribution in [0.1, 0.15) is 45.3 Å².